The van der Waals surface area contributed by atoms with Gasteiger partial charge in [-0.3, -0.25) is 15.1 Å². The van der Waals surface area contributed by atoms with E-state index in [0.717, 1.165) is 0 Å². The van der Waals surface area contributed by atoms with E-state index in [-0.39, 0.29) is 6.20 Å². The molecule has 1 N–H and O–H groups in total. The lowest BCUT2D eigenvalue weighted by molar-refractivity contribution is -0.388. The topological polar surface area (TPSA) is 93.3 Å². The zero-order valence-corrected chi connectivity index (χ0v) is 7.35. The van der Waals surface area contributed by atoms with Crippen molar-refractivity contribution in [2.24, 2.45) is 0 Å². The number of aromatic nitrogens is 1. The minimum atomic E-state index is -3.34. The Kier molecular flexibility index (Phi) is 3.06. The van der Waals surface area contributed by atoms with Gasteiger partial charge in [0.2, 0.25) is 5.82 Å². The number of aromatic carboxylic acids is 1. The Morgan fingerprint density at radius 2 is 2.12 bits per heavy atom. The van der Waals surface area contributed by atoms with Crippen LogP contribution in [0.3, 0.4) is 0 Å². The van der Waals surface area contributed by atoms with Crippen molar-refractivity contribution in [3.8, 4) is 0 Å². The van der Waals surface area contributed by atoms with Gasteiger partial charge in [0.1, 0.15) is 5.69 Å². The first-order valence-electron chi connectivity index (χ1n) is 3.70. The highest BCUT2D eigenvalue weighted by Crippen LogP contribution is 2.29. The molecule has 0 saturated heterocycles. The highest BCUT2D eigenvalue weighted by Gasteiger charge is 2.33. The molecule has 6 nitrogen and oxygen atoms in total. The lowest BCUT2D eigenvalue weighted by Gasteiger charge is -2.04. The van der Waals surface area contributed by atoms with Crippen LogP contribution in [0, 0.1) is 15.9 Å². The Bertz CT molecular complexity index is 463. The van der Waals surface area contributed by atoms with Gasteiger partial charge in [0.15, 0.2) is 5.56 Å². The van der Waals surface area contributed by atoms with Crippen LogP contribution in [0.5, 0.6) is 0 Å². The van der Waals surface area contributed by atoms with Crippen molar-refractivity contribution in [2.75, 3.05) is 0 Å². The van der Waals surface area contributed by atoms with Crippen LogP contribution in [0.1, 0.15) is 22.5 Å². The van der Waals surface area contributed by atoms with Crippen molar-refractivity contribution in [3.05, 3.63) is 33.4 Å². The van der Waals surface area contributed by atoms with Gasteiger partial charge in [0.25, 0.3) is 6.43 Å². The Labute approximate surface area is 85.5 Å². The second-order valence-electron chi connectivity index (χ2n) is 2.58. The van der Waals surface area contributed by atoms with Crippen molar-refractivity contribution in [3.63, 3.8) is 0 Å². The Morgan fingerprint density at radius 3 is 2.50 bits per heavy atom. The molecule has 0 fully saturated rings. The SMILES string of the molecule is O=C(O)c1c(C(F)F)ncc(F)c1[N+](=O)[O-]. The molecule has 0 saturated carbocycles. The Balaban J connectivity index is 3.63. The second kappa shape index (κ2) is 4.13. The standard InChI is InChI=1S/C7H3F3N2O4/c8-2-1-11-4(6(9)10)3(7(13)14)5(2)12(15)16/h1,6H,(H,13,14). The van der Waals surface area contributed by atoms with Gasteiger partial charge >= 0.3 is 11.7 Å². The van der Waals surface area contributed by atoms with E-state index in [1.807, 2.05) is 0 Å². The summed E-state index contributed by atoms with van der Waals surface area (Å²) in [4.78, 5) is 22.4. The van der Waals surface area contributed by atoms with E-state index in [1.165, 1.54) is 0 Å². The summed E-state index contributed by atoms with van der Waals surface area (Å²) in [6.07, 6.45) is -3.16. The number of nitro groups is 1. The third kappa shape index (κ3) is 1.92. The number of carboxylic acid groups (broad SMARTS) is 1. The monoisotopic (exact) mass is 236 g/mol. The maximum absolute atomic E-state index is 12.9. The molecule has 16 heavy (non-hydrogen) atoms. The van der Waals surface area contributed by atoms with Crippen molar-refractivity contribution in [2.45, 2.75) is 6.43 Å². The zero-order chi connectivity index (χ0) is 12.5. The molecule has 1 rings (SSSR count). The predicted molar refractivity (Wildman–Crippen MR) is 42.8 cm³/mol. The molecule has 0 aromatic carbocycles. The van der Waals surface area contributed by atoms with E-state index in [0.29, 0.717) is 0 Å². The Morgan fingerprint density at radius 1 is 1.56 bits per heavy atom. The fourth-order valence-corrected chi connectivity index (χ4v) is 1.05. The van der Waals surface area contributed by atoms with Crippen molar-refractivity contribution < 1.29 is 28.0 Å². The van der Waals surface area contributed by atoms with Crippen LogP contribution in [0.2, 0.25) is 0 Å². The normalized spacial score (nSPS) is 10.5. The van der Waals surface area contributed by atoms with Crippen LogP contribution >= 0.6 is 0 Å². The number of rotatable bonds is 3. The average molecular weight is 236 g/mol. The summed E-state index contributed by atoms with van der Waals surface area (Å²) >= 11 is 0. The summed E-state index contributed by atoms with van der Waals surface area (Å²) in [7, 11) is 0. The molecule has 0 atom stereocenters. The van der Waals surface area contributed by atoms with Gasteiger partial charge in [-0.1, -0.05) is 0 Å². The minimum Gasteiger partial charge on any atom is -0.477 e. The van der Waals surface area contributed by atoms with Crippen molar-refractivity contribution in [1.82, 2.24) is 4.98 Å². The smallest absolute Gasteiger partial charge is 0.344 e. The van der Waals surface area contributed by atoms with E-state index in [9.17, 15) is 28.1 Å². The molecule has 0 bridgehead atoms. The van der Waals surface area contributed by atoms with Gasteiger partial charge in [0.05, 0.1) is 11.1 Å². The maximum Gasteiger partial charge on any atom is 0.344 e. The number of hydrogen-bond donors (Lipinski definition) is 1. The van der Waals surface area contributed by atoms with Crippen LogP contribution in [-0.4, -0.2) is 21.0 Å². The molecule has 1 heterocycles. The predicted octanol–water partition coefficient (Wildman–Crippen LogP) is 1.76. The first kappa shape index (κ1) is 11.9. The third-order valence-corrected chi connectivity index (χ3v) is 1.64. The van der Waals surface area contributed by atoms with Gasteiger partial charge in [0, 0.05) is 0 Å². The quantitative estimate of drug-likeness (QED) is 0.637. The summed E-state index contributed by atoms with van der Waals surface area (Å²) in [5.41, 5.74) is -4.28. The largest absolute Gasteiger partial charge is 0.477 e. The van der Waals surface area contributed by atoms with Gasteiger partial charge in [-0.15, -0.1) is 0 Å². The average Bonchev–Trinajstić information content (AvgIpc) is 2.15. The molecular formula is C7H3F3N2O4. The van der Waals surface area contributed by atoms with Crippen molar-refractivity contribution in [1.29, 1.82) is 0 Å². The van der Waals surface area contributed by atoms with Crippen LogP contribution in [0.4, 0.5) is 18.9 Å². The molecule has 1 aromatic rings. The third-order valence-electron chi connectivity index (χ3n) is 1.64. The summed E-state index contributed by atoms with van der Waals surface area (Å²) in [5, 5.41) is 18.9. The van der Waals surface area contributed by atoms with Gasteiger partial charge in [-0.25, -0.2) is 13.6 Å². The lowest BCUT2D eigenvalue weighted by atomic mass is 10.1. The van der Waals surface area contributed by atoms with Gasteiger partial charge < -0.3 is 5.11 Å². The molecule has 1 aromatic heterocycles. The van der Waals surface area contributed by atoms with E-state index < -0.39 is 40.1 Å². The highest BCUT2D eigenvalue weighted by atomic mass is 19.3. The van der Waals surface area contributed by atoms with Gasteiger partial charge in [-0.05, 0) is 0 Å². The molecule has 0 aliphatic carbocycles. The molecule has 86 valence electrons. The molecule has 0 aliphatic rings. The van der Waals surface area contributed by atoms with Crippen LogP contribution in [0.15, 0.2) is 6.20 Å². The summed E-state index contributed by atoms with van der Waals surface area (Å²) in [6.45, 7) is 0. The number of carboxylic acids is 1. The van der Waals surface area contributed by atoms with Gasteiger partial charge in [-0.2, -0.15) is 4.39 Å². The van der Waals surface area contributed by atoms with E-state index in [1.54, 1.807) is 0 Å². The number of halogens is 3. The summed E-state index contributed by atoms with van der Waals surface area (Å²) < 4.78 is 37.5. The fourth-order valence-electron chi connectivity index (χ4n) is 1.05. The molecule has 0 spiro atoms. The minimum absolute atomic E-state index is 0.187. The molecule has 9 heteroatoms. The Hall–Kier alpha value is -2.19. The van der Waals surface area contributed by atoms with Crippen LogP contribution in [0.25, 0.3) is 0 Å². The first-order chi connectivity index (χ1) is 7.36. The van der Waals surface area contributed by atoms with E-state index in [2.05, 4.69) is 4.98 Å². The number of pyridine rings is 1. The fraction of sp³-hybridized carbons (Fsp3) is 0.143. The van der Waals surface area contributed by atoms with Crippen molar-refractivity contribution >= 4 is 11.7 Å². The van der Waals surface area contributed by atoms with Crippen LogP contribution < -0.4 is 0 Å². The number of nitrogens with zero attached hydrogens (tertiary/aromatic N) is 2. The van der Waals surface area contributed by atoms with E-state index in [4.69, 9.17) is 5.11 Å². The molecular weight excluding hydrogens is 233 g/mol. The summed E-state index contributed by atoms with van der Waals surface area (Å²) in [5.74, 6) is -3.61. The van der Waals surface area contributed by atoms with Crippen LogP contribution in [-0.2, 0) is 0 Å². The molecule has 0 amide bonds. The zero-order valence-electron chi connectivity index (χ0n) is 7.35. The molecule has 0 radical (unpaired) electrons. The molecule has 0 aliphatic heterocycles. The molecule has 0 unspecified atom stereocenters. The number of hydrogen-bond acceptors (Lipinski definition) is 4. The highest BCUT2D eigenvalue weighted by molar-refractivity contribution is 5.93. The second-order valence-corrected chi connectivity index (χ2v) is 2.58. The number of alkyl halides is 2. The first-order valence-corrected chi connectivity index (χ1v) is 3.70. The van der Waals surface area contributed by atoms with E-state index >= 15 is 0 Å². The number of carbonyl (C=O) groups is 1. The summed E-state index contributed by atoms with van der Waals surface area (Å²) in [6, 6.07) is 0. The maximum atomic E-state index is 12.9. The lowest BCUT2D eigenvalue weighted by Crippen LogP contribution is -2.11.